The molecule has 0 atom stereocenters. The molecule has 0 aromatic heterocycles. The molecule has 132 valence electrons. The van der Waals surface area contributed by atoms with E-state index >= 15 is 0 Å². The number of hydrogen-bond acceptors (Lipinski definition) is 3. The van der Waals surface area contributed by atoms with Crippen LogP contribution in [0.15, 0.2) is 39.7 Å². The Kier molecular flexibility index (Phi) is 4.64. The van der Waals surface area contributed by atoms with E-state index in [4.69, 9.17) is 0 Å². The molecule has 7 heteroatoms. The number of benzene rings is 2. The Hall–Kier alpha value is -1.86. The van der Waals surface area contributed by atoms with Gasteiger partial charge in [-0.25, -0.2) is 8.42 Å². The molecule has 0 bridgehead atoms. The van der Waals surface area contributed by atoms with Gasteiger partial charge in [0.1, 0.15) is 4.90 Å². The number of carbonyl (C=O) groups is 1. The van der Waals surface area contributed by atoms with E-state index in [2.05, 4.69) is 20.7 Å². The highest BCUT2D eigenvalue weighted by Gasteiger charge is 2.31. The third kappa shape index (κ3) is 3.43. The Morgan fingerprint density at radius 3 is 2.52 bits per heavy atom. The van der Waals surface area contributed by atoms with E-state index < -0.39 is 10.0 Å². The summed E-state index contributed by atoms with van der Waals surface area (Å²) in [5.41, 5.74) is 3.93. The zero-order valence-corrected chi connectivity index (χ0v) is 16.7. The predicted molar refractivity (Wildman–Crippen MR) is 103 cm³/mol. The molecule has 5 nitrogen and oxygen atoms in total. The molecule has 25 heavy (non-hydrogen) atoms. The van der Waals surface area contributed by atoms with Gasteiger partial charge in [0, 0.05) is 23.6 Å². The molecule has 2 aromatic carbocycles. The second-order valence-corrected chi connectivity index (χ2v) is 8.80. The van der Waals surface area contributed by atoms with Crippen LogP contribution in [0.25, 0.3) is 0 Å². The molecule has 1 N–H and O–H groups in total. The van der Waals surface area contributed by atoms with Gasteiger partial charge in [-0.3, -0.25) is 9.52 Å². The summed E-state index contributed by atoms with van der Waals surface area (Å²) in [5.74, 6) is -0.163. The Balaban J connectivity index is 2.08. The molecule has 0 aliphatic carbocycles. The molecule has 0 fully saturated rings. The normalized spacial score (nSPS) is 13.7. The van der Waals surface area contributed by atoms with E-state index in [1.807, 2.05) is 26.0 Å². The molecule has 0 saturated heterocycles. The molecule has 3 rings (SSSR count). The molecule has 0 unspecified atom stereocenters. The fourth-order valence-electron chi connectivity index (χ4n) is 3.00. The van der Waals surface area contributed by atoms with Crippen molar-refractivity contribution in [2.24, 2.45) is 0 Å². The maximum atomic E-state index is 13.0. The summed E-state index contributed by atoms with van der Waals surface area (Å²) in [4.78, 5) is 13.6. The second-order valence-electron chi connectivity index (χ2n) is 6.24. The number of sulfonamides is 1. The van der Waals surface area contributed by atoms with Crippen molar-refractivity contribution in [1.82, 2.24) is 0 Å². The second kappa shape index (κ2) is 6.46. The van der Waals surface area contributed by atoms with Gasteiger partial charge in [-0.15, -0.1) is 0 Å². The van der Waals surface area contributed by atoms with E-state index in [1.165, 1.54) is 11.8 Å². The minimum atomic E-state index is -3.83. The Morgan fingerprint density at radius 1 is 1.16 bits per heavy atom. The zero-order valence-electron chi connectivity index (χ0n) is 14.3. The third-order valence-corrected chi connectivity index (χ3v) is 6.27. The van der Waals surface area contributed by atoms with Crippen molar-refractivity contribution in [3.8, 4) is 0 Å². The first-order chi connectivity index (χ1) is 11.7. The number of anilines is 2. The lowest BCUT2D eigenvalue weighted by molar-refractivity contribution is -0.116. The summed E-state index contributed by atoms with van der Waals surface area (Å²) in [6.07, 6.45) is 0.639. The van der Waals surface area contributed by atoms with Crippen molar-refractivity contribution in [2.75, 3.05) is 16.2 Å². The van der Waals surface area contributed by atoms with Crippen molar-refractivity contribution in [2.45, 2.75) is 32.1 Å². The van der Waals surface area contributed by atoms with Gasteiger partial charge in [0.25, 0.3) is 10.0 Å². The van der Waals surface area contributed by atoms with Crippen molar-refractivity contribution in [3.63, 3.8) is 0 Å². The van der Waals surface area contributed by atoms with E-state index in [0.29, 0.717) is 28.8 Å². The van der Waals surface area contributed by atoms with E-state index in [-0.39, 0.29) is 10.8 Å². The van der Waals surface area contributed by atoms with Gasteiger partial charge in [0.15, 0.2) is 0 Å². The molecular formula is C18H19BrN2O3S. The highest BCUT2D eigenvalue weighted by atomic mass is 79.9. The third-order valence-electron chi connectivity index (χ3n) is 4.42. The van der Waals surface area contributed by atoms with Crippen LogP contribution in [-0.4, -0.2) is 20.9 Å². The van der Waals surface area contributed by atoms with Gasteiger partial charge in [-0.1, -0.05) is 22.0 Å². The number of hydrogen-bond donors (Lipinski definition) is 1. The van der Waals surface area contributed by atoms with Crippen LogP contribution >= 0.6 is 15.9 Å². The van der Waals surface area contributed by atoms with Gasteiger partial charge in [0.05, 0.1) is 5.69 Å². The lowest BCUT2D eigenvalue weighted by Crippen LogP contribution is -2.28. The summed E-state index contributed by atoms with van der Waals surface area (Å²) >= 11 is 3.38. The van der Waals surface area contributed by atoms with Crippen LogP contribution in [0.4, 0.5) is 11.4 Å². The van der Waals surface area contributed by atoms with Crippen LogP contribution < -0.4 is 9.62 Å². The largest absolute Gasteiger partial charge is 0.311 e. The minimum absolute atomic E-state index is 0.114. The highest BCUT2D eigenvalue weighted by molar-refractivity contribution is 9.10. The molecule has 0 spiro atoms. The standard InChI is InChI=1S/C18H19BrN2O3S/c1-11-4-5-16(8-12(11)2)20-25(23,24)17-10-15(19)9-14-6-7-21(13(3)22)18(14)17/h4-5,8-10,20H,6-7H2,1-3H3. The molecule has 1 heterocycles. The molecule has 0 saturated carbocycles. The van der Waals surface area contributed by atoms with Crippen LogP contribution in [0.2, 0.25) is 0 Å². The van der Waals surface area contributed by atoms with E-state index in [0.717, 1.165) is 16.7 Å². The first-order valence-electron chi connectivity index (χ1n) is 7.89. The van der Waals surface area contributed by atoms with Gasteiger partial charge in [0.2, 0.25) is 5.91 Å². The van der Waals surface area contributed by atoms with Crippen molar-refractivity contribution < 1.29 is 13.2 Å². The molecule has 2 aromatic rings. The molecule has 1 amide bonds. The summed E-state index contributed by atoms with van der Waals surface area (Å²) in [6.45, 7) is 5.85. The van der Waals surface area contributed by atoms with Gasteiger partial charge < -0.3 is 4.90 Å². The zero-order chi connectivity index (χ0) is 18.4. The van der Waals surface area contributed by atoms with Crippen LogP contribution in [0, 0.1) is 13.8 Å². The number of aryl methyl sites for hydroxylation is 2. The average molecular weight is 423 g/mol. The fourth-order valence-corrected chi connectivity index (χ4v) is 4.99. The van der Waals surface area contributed by atoms with Crippen LogP contribution in [0.5, 0.6) is 0 Å². The van der Waals surface area contributed by atoms with Crippen molar-refractivity contribution in [3.05, 3.63) is 51.5 Å². The van der Waals surface area contributed by atoms with Crippen LogP contribution in [-0.2, 0) is 21.2 Å². The van der Waals surface area contributed by atoms with E-state index in [9.17, 15) is 13.2 Å². The number of rotatable bonds is 3. The fraction of sp³-hybridized carbons (Fsp3) is 0.278. The lowest BCUT2D eigenvalue weighted by Gasteiger charge is -2.20. The summed E-state index contributed by atoms with van der Waals surface area (Å²) in [6, 6.07) is 8.83. The van der Waals surface area contributed by atoms with Crippen LogP contribution in [0.1, 0.15) is 23.6 Å². The Labute approximate surface area is 156 Å². The minimum Gasteiger partial charge on any atom is -0.311 e. The summed E-state index contributed by atoms with van der Waals surface area (Å²) in [5, 5.41) is 0. The molecule has 1 aliphatic heterocycles. The smallest absolute Gasteiger partial charge is 0.264 e. The van der Waals surface area contributed by atoms with Gasteiger partial charge in [-0.2, -0.15) is 0 Å². The van der Waals surface area contributed by atoms with Crippen LogP contribution in [0.3, 0.4) is 0 Å². The molecular weight excluding hydrogens is 404 g/mol. The topological polar surface area (TPSA) is 66.5 Å². The monoisotopic (exact) mass is 422 g/mol. The lowest BCUT2D eigenvalue weighted by atomic mass is 10.1. The average Bonchev–Trinajstić information content (AvgIpc) is 2.93. The number of amides is 1. The van der Waals surface area contributed by atoms with Gasteiger partial charge in [-0.05, 0) is 61.2 Å². The summed E-state index contributed by atoms with van der Waals surface area (Å²) in [7, 11) is -3.83. The number of fused-ring (bicyclic) bond motifs is 1. The number of carbonyl (C=O) groups excluding carboxylic acids is 1. The Bertz CT molecular complexity index is 971. The maximum Gasteiger partial charge on any atom is 0.264 e. The quantitative estimate of drug-likeness (QED) is 0.817. The van der Waals surface area contributed by atoms with Gasteiger partial charge >= 0.3 is 0 Å². The first kappa shape index (κ1) is 17.9. The SMILES string of the molecule is CC(=O)N1CCc2cc(Br)cc(S(=O)(=O)Nc3ccc(C)c(C)c3)c21. The number of nitrogens with one attached hydrogen (secondary N) is 1. The van der Waals surface area contributed by atoms with E-state index in [1.54, 1.807) is 18.2 Å². The molecule has 1 aliphatic rings. The Morgan fingerprint density at radius 2 is 1.88 bits per heavy atom. The van der Waals surface area contributed by atoms with Crippen molar-refractivity contribution in [1.29, 1.82) is 0 Å². The predicted octanol–water partition coefficient (Wildman–Crippen LogP) is 3.78. The summed E-state index contributed by atoms with van der Waals surface area (Å²) < 4.78 is 29.3. The molecule has 0 radical (unpaired) electrons. The highest BCUT2D eigenvalue weighted by Crippen LogP contribution is 2.38. The number of nitrogens with zero attached hydrogens (tertiary/aromatic N) is 1. The number of halogens is 1. The first-order valence-corrected chi connectivity index (χ1v) is 10.2. The maximum absolute atomic E-state index is 13.0. The van der Waals surface area contributed by atoms with Crippen molar-refractivity contribution >= 4 is 43.2 Å².